The van der Waals surface area contributed by atoms with Crippen LogP contribution in [-0.2, 0) is 0 Å². The summed E-state index contributed by atoms with van der Waals surface area (Å²) in [6.07, 6.45) is -3.92. The number of nitrogens with zero attached hydrogens (tertiary/aromatic N) is 2. The van der Waals surface area contributed by atoms with Gasteiger partial charge in [-0.3, -0.25) is 19.8 Å². The number of nitrogens with one attached hydrogen (secondary N) is 1. The second-order valence-electron chi connectivity index (χ2n) is 5.34. The summed E-state index contributed by atoms with van der Waals surface area (Å²) in [5, 5.41) is 13.3. The average Bonchev–Trinajstić information content (AvgIpc) is 2.83. The SMILES string of the molecule is Nc1ccc([N+](=O)[O-])cc1C(=O)NC1CCN(CC(F)(F)F)C1. The number of nitrogen functional groups attached to an aromatic ring is 1. The molecule has 0 radical (unpaired) electrons. The highest BCUT2D eigenvalue weighted by molar-refractivity contribution is 6.00. The normalized spacial score (nSPS) is 18.8. The highest BCUT2D eigenvalue weighted by Crippen LogP contribution is 2.22. The van der Waals surface area contributed by atoms with Crippen molar-refractivity contribution in [2.24, 2.45) is 0 Å². The second kappa shape index (κ2) is 6.41. The minimum atomic E-state index is -4.29. The Bertz CT molecular complexity index is 621. The first-order valence-corrected chi connectivity index (χ1v) is 6.79. The van der Waals surface area contributed by atoms with Crippen LogP contribution in [0.3, 0.4) is 0 Å². The molecule has 0 aliphatic carbocycles. The van der Waals surface area contributed by atoms with Gasteiger partial charge < -0.3 is 11.1 Å². The van der Waals surface area contributed by atoms with Gasteiger partial charge in [-0.25, -0.2) is 0 Å². The van der Waals surface area contributed by atoms with Crippen molar-refractivity contribution in [3.8, 4) is 0 Å². The van der Waals surface area contributed by atoms with Gasteiger partial charge >= 0.3 is 6.18 Å². The number of nitrogens with two attached hydrogens (primary N) is 1. The zero-order valence-corrected chi connectivity index (χ0v) is 12.0. The van der Waals surface area contributed by atoms with Gasteiger partial charge in [0.05, 0.1) is 17.0 Å². The van der Waals surface area contributed by atoms with E-state index in [9.17, 15) is 28.1 Å². The third-order valence-corrected chi connectivity index (χ3v) is 3.50. The lowest BCUT2D eigenvalue weighted by Crippen LogP contribution is -2.39. The molecule has 3 N–H and O–H groups in total. The van der Waals surface area contributed by atoms with Crippen LogP contribution in [0.15, 0.2) is 18.2 Å². The summed E-state index contributed by atoms with van der Waals surface area (Å²) >= 11 is 0. The summed E-state index contributed by atoms with van der Waals surface area (Å²) in [6, 6.07) is 3.01. The third kappa shape index (κ3) is 4.55. The van der Waals surface area contributed by atoms with E-state index in [-0.39, 0.29) is 30.0 Å². The molecule has 1 aromatic rings. The van der Waals surface area contributed by atoms with Crippen LogP contribution in [0.2, 0.25) is 0 Å². The minimum Gasteiger partial charge on any atom is -0.398 e. The van der Waals surface area contributed by atoms with Crippen LogP contribution in [-0.4, -0.2) is 47.6 Å². The van der Waals surface area contributed by atoms with Crippen LogP contribution in [0.4, 0.5) is 24.5 Å². The fraction of sp³-hybridized carbons (Fsp3) is 0.462. The van der Waals surface area contributed by atoms with E-state index in [4.69, 9.17) is 5.73 Å². The molecule has 0 saturated carbocycles. The maximum absolute atomic E-state index is 12.3. The Balaban J connectivity index is 2.00. The summed E-state index contributed by atoms with van der Waals surface area (Å²) < 4.78 is 37.0. The molecule has 23 heavy (non-hydrogen) atoms. The molecule has 1 fully saturated rings. The number of benzene rings is 1. The molecule has 10 heteroatoms. The molecule has 2 rings (SSSR count). The fourth-order valence-corrected chi connectivity index (χ4v) is 2.47. The van der Waals surface area contributed by atoms with Gasteiger partial charge in [-0.1, -0.05) is 0 Å². The Labute approximate surface area is 129 Å². The number of amides is 1. The van der Waals surface area contributed by atoms with Crippen molar-refractivity contribution in [2.45, 2.75) is 18.6 Å². The van der Waals surface area contributed by atoms with E-state index in [1.54, 1.807) is 0 Å². The number of hydrogen-bond donors (Lipinski definition) is 2. The van der Waals surface area contributed by atoms with Crippen molar-refractivity contribution in [3.63, 3.8) is 0 Å². The van der Waals surface area contributed by atoms with Crippen LogP contribution < -0.4 is 11.1 Å². The molecule has 0 spiro atoms. The zero-order chi connectivity index (χ0) is 17.2. The number of hydrogen-bond acceptors (Lipinski definition) is 5. The highest BCUT2D eigenvalue weighted by Gasteiger charge is 2.34. The van der Waals surface area contributed by atoms with Gasteiger partial charge in [0.25, 0.3) is 11.6 Å². The summed E-state index contributed by atoms with van der Waals surface area (Å²) in [5.74, 6) is -0.634. The number of nitro benzene ring substituents is 1. The molecule has 1 aliphatic heterocycles. The van der Waals surface area contributed by atoms with E-state index >= 15 is 0 Å². The maximum atomic E-state index is 12.3. The van der Waals surface area contributed by atoms with E-state index in [0.29, 0.717) is 6.42 Å². The van der Waals surface area contributed by atoms with Crippen molar-refractivity contribution < 1.29 is 22.9 Å². The summed E-state index contributed by atoms with van der Waals surface area (Å²) in [5.41, 5.74) is 5.36. The Hall–Kier alpha value is -2.36. The number of carbonyl (C=O) groups excluding carboxylic acids is 1. The maximum Gasteiger partial charge on any atom is 0.401 e. The molecule has 1 heterocycles. The van der Waals surface area contributed by atoms with Gasteiger partial charge in [0.2, 0.25) is 0 Å². The molecule has 7 nitrogen and oxygen atoms in total. The van der Waals surface area contributed by atoms with Gasteiger partial charge in [-0.2, -0.15) is 13.2 Å². The smallest absolute Gasteiger partial charge is 0.398 e. The molecular weight excluding hydrogens is 317 g/mol. The number of non-ortho nitro benzene ring substituents is 1. The van der Waals surface area contributed by atoms with Crippen molar-refractivity contribution in [3.05, 3.63) is 33.9 Å². The van der Waals surface area contributed by atoms with Gasteiger partial charge in [-0.15, -0.1) is 0 Å². The molecule has 1 aromatic carbocycles. The number of halogens is 3. The standard InChI is InChI=1S/C13H15F3N4O3/c14-13(15,16)7-19-4-3-8(6-19)18-12(21)10-5-9(20(22)23)1-2-11(10)17/h1-2,5,8H,3-4,6-7,17H2,(H,18,21). The number of likely N-dealkylation sites (tertiary alicyclic amines) is 1. The minimum absolute atomic E-state index is 0.0616. The Morgan fingerprint density at radius 1 is 1.48 bits per heavy atom. The lowest BCUT2D eigenvalue weighted by molar-refractivity contribution is -0.384. The predicted octanol–water partition coefficient (Wildman–Crippen LogP) is 1.54. The molecule has 126 valence electrons. The van der Waals surface area contributed by atoms with Crippen LogP contribution in [0.25, 0.3) is 0 Å². The van der Waals surface area contributed by atoms with E-state index in [1.165, 1.54) is 17.0 Å². The molecule has 1 unspecified atom stereocenters. The molecular formula is C13H15F3N4O3. The first-order chi connectivity index (χ1) is 10.7. The molecule has 0 aromatic heterocycles. The Kier molecular flexibility index (Phi) is 4.73. The number of rotatable bonds is 4. The molecule has 1 amide bonds. The molecule has 0 bridgehead atoms. The molecule has 1 saturated heterocycles. The first kappa shape index (κ1) is 17.0. The summed E-state index contributed by atoms with van der Waals surface area (Å²) in [6.45, 7) is -0.743. The van der Waals surface area contributed by atoms with Crippen LogP contribution in [0, 0.1) is 10.1 Å². The third-order valence-electron chi connectivity index (χ3n) is 3.50. The number of alkyl halides is 3. The Morgan fingerprint density at radius 3 is 2.78 bits per heavy atom. The monoisotopic (exact) mass is 332 g/mol. The van der Waals surface area contributed by atoms with Gasteiger partial charge in [0.1, 0.15) is 0 Å². The van der Waals surface area contributed by atoms with Gasteiger partial charge in [-0.05, 0) is 12.5 Å². The van der Waals surface area contributed by atoms with Crippen molar-refractivity contribution >= 4 is 17.3 Å². The number of carbonyl (C=O) groups is 1. The largest absolute Gasteiger partial charge is 0.401 e. The van der Waals surface area contributed by atoms with E-state index in [0.717, 1.165) is 6.07 Å². The van der Waals surface area contributed by atoms with E-state index < -0.39 is 29.6 Å². The van der Waals surface area contributed by atoms with E-state index in [2.05, 4.69) is 5.32 Å². The van der Waals surface area contributed by atoms with Crippen LogP contribution >= 0.6 is 0 Å². The highest BCUT2D eigenvalue weighted by atomic mass is 19.4. The first-order valence-electron chi connectivity index (χ1n) is 6.79. The lowest BCUT2D eigenvalue weighted by atomic mass is 10.1. The number of anilines is 1. The Morgan fingerprint density at radius 2 is 2.17 bits per heavy atom. The van der Waals surface area contributed by atoms with Crippen LogP contribution in [0.5, 0.6) is 0 Å². The van der Waals surface area contributed by atoms with Crippen molar-refractivity contribution in [1.29, 1.82) is 0 Å². The molecule has 1 aliphatic rings. The topological polar surface area (TPSA) is 101 Å². The summed E-state index contributed by atoms with van der Waals surface area (Å²) in [4.78, 5) is 23.4. The van der Waals surface area contributed by atoms with Gasteiger partial charge in [0.15, 0.2) is 0 Å². The zero-order valence-electron chi connectivity index (χ0n) is 12.0. The quantitative estimate of drug-likeness (QED) is 0.495. The fourth-order valence-electron chi connectivity index (χ4n) is 2.47. The molecule has 1 atom stereocenters. The second-order valence-corrected chi connectivity index (χ2v) is 5.34. The number of nitro groups is 1. The summed E-state index contributed by atoms with van der Waals surface area (Å²) in [7, 11) is 0. The van der Waals surface area contributed by atoms with Gasteiger partial charge in [0, 0.05) is 37.0 Å². The lowest BCUT2D eigenvalue weighted by Gasteiger charge is -2.18. The predicted molar refractivity (Wildman–Crippen MR) is 75.9 cm³/mol. The van der Waals surface area contributed by atoms with E-state index in [1.807, 2.05) is 0 Å². The van der Waals surface area contributed by atoms with Crippen molar-refractivity contribution in [1.82, 2.24) is 10.2 Å². The average molecular weight is 332 g/mol. The van der Waals surface area contributed by atoms with Crippen LogP contribution in [0.1, 0.15) is 16.8 Å². The van der Waals surface area contributed by atoms with Crippen molar-refractivity contribution in [2.75, 3.05) is 25.4 Å².